The number of nitrogens with two attached hydrogens (primary N) is 1. The molecule has 0 spiro atoms. The van der Waals surface area contributed by atoms with Gasteiger partial charge in [-0.2, -0.15) is 0 Å². The summed E-state index contributed by atoms with van der Waals surface area (Å²) in [5.41, 5.74) is 6.49. The van der Waals surface area contributed by atoms with Gasteiger partial charge in [0.25, 0.3) is 0 Å². The van der Waals surface area contributed by atoms with Gasteiger partial charge in [0, 0.05) is 23.6 Å². The predicted octanol–water partition coefficient (Wildman–Crippen LogP) is 1.93. The van der Waals surface area contributed by atoms with Crippen molar-refractivity contribution in [3.63, 3.8) is 0 Å². The molecule has 88 valence electrons. The summed E-state index contributed by atoms with van der Waals surface area (Å²) in [5.74, 6) is 0.872. The summed E-state index contributed by atoms with van der Waals surface area (Å²) in [5, 5.41) is 0.919. The van der Waals surface area contributed by atoms with Crippen molar-refractivity contribution in [3.05, 3.63) is 35.8 Å². The summed E-state index contributed by atoms with van der Waals surface area (Å²) < 4.78 is 0. The quantitative estimate of drug-likeness (QED) is 0.874. The monoisotopic (exact) mass is 229 g/mol. The van der Waals surface area contributed by atoms with Crippen LogP contribution in [0.5, 0.6) is 0 Å². The number of hydrogen-bond donors (Lipinski definition) is 1. The van der Waals surface area contributed by atoms with E-state index in [1.54, 1.807) is 18.3 Å². The van der Waals surface area contributed by atoms with Crippen LogP contribution in [0.2, 0.25) is 0 Å². The number of nitrogens with zero attached hydrogens (tertiary/aromatic N) is 2. The summed E-state index contributed by atoms with van der Waals surface area (Å²) >= 11 is 0. The molecule has 1 aromatic carbocycles. The first-order chi connectivity index (χ1) is 8.06. The highest BCUT2D eigenvalue weighted by atomic mass is 16.1. The molecule has 0 aliphatic heterocycles. The second kappa shape index (κ2) is 4.49. The Labute approximate surface area is 99.9 Å². The highest BCUT2D eigenvalue weighted by Crippen LogP contribution is 2.14. The van der Waals surface area contributed by atoms with Crippen LogP contribution in [0, 0.1) is 5.92 Å². The van der Waals surface area contributed by atoms with Gasteiger partial charge in [0.05, 0.1) is 5.52 Å². The number of hydrogen-bond acceptors (Lipinski definition) is 3. The number of carbonyl (C=O) groups excluding carboxylic acids is 1. The molecule has 0 bridgehead atoms. The maximum Gasteiger partial charge on any atom is 0.248 e. The molecule has 4 nitrogen and oxygen atoms in total. The molecule has 0 aliphatic carbocycles. The largest absolute Gasteiger partial charge is 0.366 e. The average molecular weight is 229 g/mol. The van der Waals surface area contributed by atoms with Crippen molar-refractivity contribution in [1.82, 2.24) is 9.97 Å². The summed E-state index contributed by atoms with van der Waals surface area (Å²) in [6.07, 6.45) is 2.61. The van der Waals surface area contributed by atoms with E-state index < -0.39 is 5.91 Å². The summed E-state index contributed by atoms with van der Waals surface area (Å²) in [6.45, 7) is 4.24. The number of rotatable bonds is 3. The predicted molar refractivity (Wildman–Crippen MR) is 66.6 cm³/mol. The standard InChI is InChI=1S/C13H15N3O/c1-8(2)5-12-15-7-10-4-3-9(13(14)17)6-11(10)16-12/h3-4,6-8H,5H2,1-2H3,(H2,14,17). The Kier molecular flexibility index (Phi) is 3.04. The van der Waals surface area contributed by atoms with Gasteiger partial charge in [0.1, 0.15) is 5.82 Å². The van der Waals surface area contributed by atoms with Gasteiger partial charge in [-0.15, -0.1) is 0 Å². The average Bonchev–Trinajstić information content (AvgIpc) is 2.27. The van der Waals surface area contributed by atoms with Crippen molar-refractivity contribution in [2.45, 2.75) is 20.3 Å². The molecular formula is C13H15N3O. The molecule has 1 aromatic heterocycles. The van der Waals surface area contributed by atoms with Gasteiger partial charge in [-0.3, -0.25) is 4.79 Å². The summed E-state index contributed by atoms with van der Waals surface area (Å²) in [7, 11) is 0. The molecular weight excluding hydrogens is 214 g/mol. The van der Waals surface area contributed by atoms with E-state index in [0.717, 1.165) is 23.1 Å². The van der Waals surface area contributed by atoms with E-state index in [-0.39, 0.29) is 0 Å². The van der Waals surface area contributed by atoms with Gasteiger partial charge in [-0.1, -0.05) is 19.9 Å². The molecule has 0 saturated carbocycles. The lowest BCUT2D eigenvalue weighted by molar-refractivity contribution is 0.100. The molecule has 2 rings (SSSR count). The molecule has 0 aliphatic rings. The van der Waals surface area contributed by atoms with Crippen LogP contribution < -0.4 is 5.73 Å². The van der Waals surface area contributed by atoms with Crippen LogP contribution in [0.1, 0.15) is 30.0 Å². The SMILES string of the molecule is CC(C)Cc1ncc2ccc(C(N)=O)cc2n1. The number of carbonyl (C=O) groups is 1. The molecule has 0 radical (unpaired) electrons. The Morgan fingerprint density at radius 3 is 2.82 bits per heavy atom. The smallest absolute Gasteiger partial charge is 0.248 e. The normalized spacial score (nSPS) is 11.0. The van der Waals surface area contributed by atoms with Gasteiger partial charge in [-0.25, -0.2) is 9.97 Å². The molecule has 2 N–H and O–H groups in total. The van der Waals surface area contributed by atoms with Gasteiger partial charge in [0.15, 0.2) is 0 Å². The Balaban J connectivity index is 2.47. The van der Waals surface area contributed by atoms with Gasteiger partial charge < -0.3 is 5.73 Å². The number of amides is 1. The Hall–Kier alpha value is -1.97. The maximum absolute atomic E-state index is 11.1. The van der Waals surface area contributed by atoms with E-state index in [2.05, 4.69) is 23.8 Å². The van der Waals surface area contributed by atoms with Crippen molar-refractivity contribution in [3.8, 4) is 0 Å². The van der Waals surface area contributed by atoms with Gasteiger partial charge in [0.2, 0.25) is 5.91 Å². The number of aromatic nitrogens is 2. The van der Waals surface area contributed by atoms with E-state index in [9.17, 15) is 4.79 Å². The van der Waals surface area contributed by atoms with Crippen LogP contribution in [0.3, 0.4) is 0 Å². The van der Waals surface area contributed by atoms with E-state index in [1.807, 2.05) is 6.07 Å². The molecule has 1 heterocycles. The van der Waals surface area contributed by atoms with Crippen LogP contribution in [-0.4, -0.2) is 15.9 Å². The van der Waals surface area contributed by atoms with Crippen LogP contribution in [-0.2, 0) is 6.42 Å². The lowest BCUT2D eigenvalue weighted by Crippen LogP contribution is -2.10. The van der Waals surface area contributed by atoms with Gasteiger partial charge in [-0.05, 0) is 18.1 Å². The fraction of sp³-hybridized carbons (Fsp3) is 0.308. The van der Waals surface area contributed by atoms with E-state index in [1.165, 1.54) is 0 Å². The van der Waals surface area contributed by atoms with E-state index in [0.29, 0.717) is 11.5 Å². The third kappa shape index (κ3) is 2.58. The zero-order valence-electron chi connectivity index (χ0n) is 9.97. The van der Waals surface area contributed by atoms with Crippen molar-refractivity contribution < 1.29 is 4.79 Å². The van der Waals surface area contributed by atoms with Crippen molar-refractivity contribution in [1.29, 1.82) is 0 Å². The zero-order chi connectivity index (χ0) is 12.4. The Morgan fingerprint density at radius 2 is 2.18 bits per heavy atom. The number of primary amides is 1. The highest BCUT2D eigenvalue weighted by molar-refractivity contribution is 5.96. The van der Waals surface area contributed by atoms with Crippen LogP contribution >= 0.6 is 0 Å². The summed E-state index contributed by atoms with van der Waals surface area (Å²) in [6, 6.07) is 5.22. The third-order valence-electron chi connectivity index (χ3n) is 2.51. The first-order valence-electron chi connectivity index (χ1n) is 5.62. The molecule has 0 atom stereocenters. The minimum atomic E-state index is -0.434. The molecule has 2 aromatic rings. The second-order valence-corrected chi connectivity index (χ2v) is 4.52. The highest BCUT2D eigenvalue weighted by Gasteiger charge is 2.05. The first kappa shape index (κ1) is 11.5. The van der Waals surface area contributed by atoms with Crippen LogP contribution in [0.25, 0.3) is 10.9 Å². The first-order valence-corrected chi connectivity index (χ1v) is 5.62. The minimum absolute atomic E-state index is 0.434. The number of fused-ring (bicyclic) bond motifs is 1. The molecule has 0 saturated heterocycles. The minimum Gasteiger partial charge on any atom is -0.366 e. The third-order valence-corrected chi connectivity index (χ3v) is 2.51. The lowest BCUT2D eigenvalue weighted by Gasteiger charge is -2.05. The zero-order valence-corrected chi connectivity index (χ0v) is 9.97. The van der Waals surface area contributed by atoms with E-state index >= 15 is 0 Å². The maximum atomic E-state index is 11.1. The summed E-state index contributed by atoms with van der Waals surface area (Å²) in [4.78, 5) is 19.8. The fourth-order valence-corrected chi connectivity index (χ4v) is 1.68. The van der Waals surface area contributed by atoms with Crippen molar-refractivity contribution in [2.75, 3.05) is 0 Å². The molecule has 4 heteroatoms. The lowest BCUT2D eigenvalue weighted by atomic mass is 10.1. The van der Waals surface area contributed by atoms with Crippen molar-refractivity contribution in [2.24, 2.45) is 11.7 Å². The van der Waals surface area contributed by atoms with Crippen LogP contribution in [0.15, 0.2) is 24.4 Å². The van der Waals surface area contributed by atoms with Gasteiger partial charge >= 0.3 is 0 Å². The van der Waals surface area contributed by atoms with Crippen molar-refractivity contribution >= 4 is 16.8 Å². The fourth-order valence-electron chi connectivity index (χ4n) is 1.68. The molecule has 0 fully saturated rings. The van der Waals surface area contributed by atoms with E-state index in [4.69, 9.17) is 5.73 Å². The molecule has 0 unspecified atom stereocenters. The molecule has 17 heavy (non-hydrogen) atoms. The number of benzene rings is 1. The Bertz CT molecular complexity index is 564. The van der Waals surface area contributed by atoms with Crippen LogP contribution in [0.4, 0.5) is 0 Å². The molecule has 1 amide bonds. The second-order valence-electron chi connectivity index (χ2n) is 4.52. The Morgan fingerprint density at radius 1 is 1.41 bits per heavy atom. The topological polar surface area (TPSA) is 68.9 Å².